The van der Waals surface area contributed by atoms with Crippen LogP contribution in [0.15, 0.2) is 42.5 Å². The first kappa shape index (κ1) is 28.8. The molecule has 0 aliphatic heterocycles. The molecular weight excluding hydrogens is 481 g/mol. The Balaban J connectivity index is 0. The van der Waals surface area contributed by atoms with Crippen LogP contribution in [-0.2, 0) is 29.4 Å². The maximum atomic E-state index is 6.94. The molecule has 8 heteroatoms. The van der Waals surface area contributed by atoms with Crippen molar-refractivity contribution in [1.29, 1.82) is 0 Å². The fourth-order valence-corrected chi connectivity index (χ4v) is 5.33. The van der Waals surface area contributed by atoms with Gasteiger partial charge in [-0.2, -0.15) is 17.5 Å². The Morgan fingerprint density at radius 3 is 1.92 bits per heavy atom. The fraction of sp³-hybridized carbons (Fsp3) is 0.500. The van der Waals surface area contributed by atoms with Crippen molar-refractivity contribution in [2.24, 2.45) is 0 Å². The number of nitrogens with one attached hydrogen (secondary N) is 1. The van der Waals surface area contributed by atoms with E-state index in [2.05, 4.69) is 62.1 Å². The molecule has 0 bridgehead atoms. The van der Waals surface area contributed by atoms with E-state index < -0.39 is 38.4 Å². The Morgan fingerprint density at radius 2 is 1.58 bits per heavy atom. The monoisotopic (exact) mass is 510 g/mol. The van der Waals surface area contributed by atoms with Gasteiger partial charge in [-0.15, -0.1) is 35.2 Å². The predicted octanol–water partition coefficient (Wildman–Crippen LogP) is 7.37. The van der Waals surface area contributed by atoms with Crippen LogP contribution >= 0.6 is 17.0 Å². The van der Waals surface area contributed by atoms with Gasteiger partial charge in [-0.3, -0.25) is 0 Å². The van der Waals surface area contributed by atoms with Crippen LogP contribution in [0.2, 0.25) is 26.2 Å². The predicted molar refractivity (Wildman–Crippen MR) is 118 cm³/mol. The zero-order chi connectivity index (χ0) is 20.8. The minimum atomic E-state index is -1.32. The van der Waals surface area contributed by atoms with E-state index >= 15 is 0 Å². The summed E-state index contributed by atoms with van der Waals surface area (Å²) >= 11 is -0.826. The zero-order valence-electron chi connectivity index (χ0n) is 17.1. The van der Waals surface area contributed by atoms with Gasteiger partial charge in [0.15, 0.2) is 8.32 Å². The molecule has 3 nitrogen and oxygen atoms in total. The molecule has 1 radical (unpaired) electrons. The van der Waals surface area contributed by atoms with Crippen LogP contribution in [0.5, 0.6) is 0 Å². The number of hydrogen-bond donors (Lipinski definition) is 0. The summed E-state index contributed by atoms with van der Waals surface area (Å²) in [5.41, 5.74) is 6.69. The smallest absolute Gasteiger partial charge is 0.0809 e. The molecule has 0 saturated carbocycles. The molecule has 2 aromatic carbocycles. The van der Waals surface area contributed by atoms with Gasteiger partial charge < -0.3 is 14.3 Å². The van der Waals surface area contributed by atoms with Crippen LogP contribution in [0.25, 0.3) is 16.5 Å². The molecule has 0 saturated heterocycles. The van der Waals surface area contributed by atoms with Gasteiger partial charge in [0.25, 0.3) is 0 Å². The summed E-state index contributed by atoms with van der Waals surface area (Å²) in [6, 6.07) is 14.7. The second-order valence-corrected chi connectivity index (χ2v) is 17.6. The average Bonchev–Trinajstić information content (AvgIpc) is 2.93. The van der Waals surface area contributed by atoms with Crippen molar-refractivity contribution in [2.75, 3.05) is 7.11 Å². The maximum absolute atomic E-state index is 6.94. The van der Waals surface area contributed by atoms with Gasteiger partial charge in [-0.1, -0.05) is 26.8 Å². The van der Waals surface area contributed by atoms with Crippen molar-refractivity contribution in [1.82, 2.24) is 0 Å². The quantitative estimate of drug-likeness (QED) is 0.318. The molecule has 1 N–H and O–H groups in total. The van der Waals surface area contributed by atoms with Gasteiger partial charge in [0.1, 0.15) is 0 Å². The summed E-state index contributed by atoms with van der Waals surface area (Å²) in [5, 5.41) is 2.66. The first-order valence-corrected chi connectivity index (χ1v) is 19.8. The molecule has 0 aromatic heterocycles. The Bertz CT molecular complexity index is 536. The molecule has 0 aliphatic rings. The first-order valence-electron chi connectivity index (χ1n) is 8.22. The van der Waals surface area contributed by atoms with Gasteiger partial charge in [-0.05, 0) is 26.2 Å². The largest absolute Gasteiger partial charge is 0.168 e. The van der Waals surface area contributed by atoms with Gasteiger partial charge in [0, 0.05) is 7.11 Å². The van der Waals surface area contributed by atoms with Crippen molar-refractivity contribution in [2.45, 2.75) is 52.5 Å². The van der Waals surface area contributed by atoms with Gasteiger partial charge in [0.05, 0.1) is 0 Å². The van der Waals surface area contributed by atoms with Crippen LogP contribution < -0.4 is 0 Å². The summed E-state index contributed by atoms with van der Waals surface area (Å²) in [4.78, 5) is 0. The minimum Gasteiger partial charge on any atom is -0.168 e. The van der Waals surface area contributed by atoms with E-state index in [0.29, 0.717) is 0 Å². The van der Waals surface area contributed by atoms with Crippen molar-refractivity contribution < 1.29 is 29.4 Å². The fourth-order valence-electron chi connectivity index (χ4n) is 1.54. The van der Waals surface area contributed by atoms with E-state index in [1.165, 1.54) is 10.8 Å². The molecule has 0 amide bonds. The normalized spacial score (nSPS) is 10.6. The summed E-state index contributed by atoms with van der Waals surface area (Å²) in [5.74, 6) is 0. The Labute approximate surface area is 181 Å². The third-order valence-electron chi connectivity index (χ3n) is 2.28. The molecule has 147 valence electrons. The van der Waals surface area contributed by atoms with Gasteiger partial charge >= 0.3 is 47.2 Å². The number of halogens is 2. The van der Waals surface area contributed by atoms with Crippen molar-refractivity contribution >= 4 is 45.4 Å². The number of fused-ring (bicyclic) bond motifs is 1. The minimum absolute atomic E-state index is 0.250. The Kier molecular flexibility index (Phi) is 17.2. The van der Waals surface area contributed by atoms with Crippen molar-refractivity contribution in [3.63, 3.8) is 0 Å². The zero-order valence-corrected chi connectivity index (χ0v) is 23.1. The SMILES string of the molecule is CC(C)(C)[NH-].CO[Si](C)O[Si](C)(C)C.[Cl][Zr+2][Cl].c1ccc2[cH-]ccc2c1. The maximum Gasteiger partial charge on any atom is -0.0809 e. The Hall–Kier alpha value is 0.607. The topological polar surface area (TPSA) is 42.3 Å². The third kappa shape index (κ3) is 22.6. The van der Waals surface area contributed by atoms with Gasteiger partial charge in [0.2, 0.25) is 0 Å². The third-order valence-corrected chi connectivity index (χ3v) is 6.46. The van der Waals surface area contributed by atoms with E-state index in [9.17, 15) is 0 Å². The second kappa shape index (κ2) is 15.5. The van der Waals surface area contributed by atoms with Crippen molar-refractivity contribution in [3.05, 3.63) is 48.2 Å². The van der Waals surface area contributed by atoms with Gasteiger partial charge in [-0.25, -0.2) is 0 Å². The van der Waals surface area contributed by atoms with Crippen LogP contribution in [0.4, 0.5) is 0 Å². The van der Waals surface area contributed by atoms with E-state index in [4.69, 9.17) is 31.3 Å². The van der Waals surface area contributed by atoms with E-state index in [1.54, 1.807) is 7.11 Å². The molecule has 0 aliphatic carbocycles. The first-order chi connectivity index (χ1) is 11.8. The standard InChI is InChI=1S/C9H7.C5H15O2Si2.C4H10N.2ClH.Zr/c1-2-5-9-7-3-6-8(9)4-1;1-6-8(2)7-9(3,4)5;1-4(2,3)5;;;/h1-7H;1-5H3;5H,1-3H3;2*1H;/q-1;;-1;;;+4/p-2. The number of hydrogen-bond acceptors (Lipinski definition) is 2. The molecule has 0 fully saturated rings. The molecule has 2 rings (SSSR count). The van der Waals surface area contributed by atoms with Crippen LogP contribution in [0.1, 0.15) is 20.8 Å². The molecule has 2 aromatic rings. The number of rotatable bonds is 3. The van der Waals surface area contributed by atoms with E-state index in [-0.39, 0.29) is 5.54 Å². The summed E-state index contributed by atoms with van der Waals surface area (Å²) in [6.45, 7) is 14.1. The Morgan fingerprint density at radius 1 is 1.12 bits per heavy atom. The summed E-state index contributed by atoms with van der Waals surface area (Å²) < 4.78 is 10.6. The summed E-state index contributed by atoms with van der Waals surface area (Å²) in [6.07, 6.45) is 0. The molecule has 26 heavy (non-hydrogen) atoms. The average molecular weight is 513 g/mol. The summed E-state index contributed by atoms with van der Waals surface area (Å²) in [7, 11) is 9.32. The van der Waals surface area contributed by atoms with E-state index in [1.807, 2.05) is 27.3 Å². The number of benzene rings is 1. The van der Waals surface area contributed by atoms with Crippen LogP contribution in [0.3, 0.4) is 0 Å². The molecule has 0 unspecified atom stereocenters. The second-order valence-electron chi connectivity index (χ2n) is 7.39. The molecular formula is C18H32Cl2NO2Si2Zr. The molecule has 0 atom stereocenters. The van der Waals surface area contributed by atoms with Crippen LogP contribution in [0, 0.1) is 0 Å². The molecule has 0 spiro atoms. The molecule has 0 heterocycles. The van der Waals surface area contributed by atoms with E-state index in [0.717, 1.165) is 0 Å². The van der Waals surface area contributed by atoms with Crippen LogP contribution in [-0.4, -0.2) is 30.2 Å². The van der Waals surface area contributed by atoms with Crippen molar-refractivity contribution in [3.8, 4) is 0 Å².